The maximum atomic E-state index is 12.1. The number of benzene rings is 2. The Hall–Kier alpha value is -3.32. The Morgan fingerprint density at radius 3 is 2.24 bits per heavy atom. The van der Waals surface area contributed by atoms with Crippen LogP contribution < -0.4 is 9.64 Å². The number of anilines is 1. The molecule has 4 nitrogen and oxygen atoms in total. The largest absolute Gasteiger partial charge is 0.497 e. The van der Waals surface area contributed by atoms with E-state index in [0.29, 0.717) is 16.7 Å². The zero-order valence-corrected chi connectivity index (χ0v) is 14.6. The van der Waals surface area contributed by atoms with Gasteiger partial charge >= 0.3 is 0 Å². The Kier molecular flexibility index (Phi) is 5.75. The molecule has 0 aliphatic rings. The number of hydrogen-bond donors (Lipinski definition) is 0. The normalized spacial score (nSPS) is 10.7. The van der Waals surface area contributed by atoms with Crippen molar-refractivity contribution >= 4 is 17.0 Å². The Balaban J connectivity index is 2.31. The van der Waals surface area contributed by atoms with Gasteiger partial charge in [0.2, 0.25) is 0 Å². The van der Waals surface area contributed by atoms with E-state index >= 15 is 0 Å². The molecule has 2 aromatic carbocycles. The predicted molar refractivity (Wildman–Crippen MR) is 100 cm³/mol. The summed E-state index contributed by atoms with van der Waals surface area (Å²) in [6, 6.07) is 16.7. The summed E-state index contributed by atoms with van der Waals surface area (Å²) in [5.41, 5.74) is 3.44. The van der Waals surface area contributed by atoms with Gasteiger partial charge in [-0.15, -0.1) is 0 Å². The molecule has 0 atom stereocenters. The lowest BCUT2D eigenvalue weighted by molar-refractivity contribution is -0.113. The molecule has 126 valence electrons. The number of nitrogens with zero attached hydrogens (tertiary/aromatic N) is 2. The molecule has 0 aromatic heterocycles. The Bertz CT molecular complexity index is 841. The SMILES string of the molecule is C=C(/C(=C\N(C)c1ccc(OC)cc1)C(C)=O)c1ccc(C#N)cc1. The summed E-state index contributed by atoms with van der Waals surface area (Å²) < 4.78 is 5.16. The van der Waals surface area contributed by atoms with Crippen LogP contribution in [0.4, 0.5) is 5.69 Å². The fourth-order valence-corrected chi connectivity index (χ4v) is 2.37. The molecule has 0 N–H and O–H groups in total. The average molecular weight is 332 g/mol. The van der Waals surface area contributed by atoms with Gasteiger partial charge in [-0.2, -0.15) is 5.26 Å². The number of methoxy groups -OCH3 is 1. The number of rotatable bonds is 6. The van der Waals surface area contributed by atoms with Gasteiger partial charge in [0.1, 0.15) is 5.75 Å². The van der Waals surface area contributed by atoms with Crippen LogP contribution in [0.2, 0.25) is 0 Å². The molecule has 4 heteroatoms. The molecular weight excluding hydrogens is 312 g/mol. The monoisotopic (exact) mass is 332 g/mol. The van der Waals surface area contributed by atoms with E-state index in [1.54, 1.807) is 37.6 Å². The maximum Gasteiger partial charge on any atom is 0.161 e. The highest BCUT2D eigenvalue weighted by atomic mass is 16.5. The first kappa shape index (κ1) is 18.0. The highest BCUT2D eigenvalue weighted by molar-refractivity contribution is 6.08. The quantitative estimate of drug-likeness (QED) is 0.588. The van der Waals surface area contributed by atoms with E-state index in [9.17, 15) is 4.79 Å². The number of allylic oxidation sites excluding steroid dienone is 2. The van der Waals surface area contributed by atoms with Gasteiger partial charge in [0.05, 0.1) is 18.7 Å². The third-order valence-electron chi connectivity index (χ3n) is 3.87. The van der Waals surface area contributed by atoms with Gasteiger partial charge < -0.3 is 9.64 Å². The van der Waals surface area contributed by atoms with Crippen molar-refractivity contribution in [2.75, 3.05) is 19.1 Å². The number of Topliss-reactive ketones (excluding diaryl/α,β-unsaturated/α-hetero) is 1. The smallest absolute Gasteiger partial charge is 0.161 e. The first-order valence-electron chi connectivity index (χ1n) is 7.75. The predicted octanol–water partition coefficient (Wildman–Crippen LogP) is 4.19. The van der Waals surface area contributed by atoms with Crippen LogP contribution in [0.5, 0.6) is 5.75 Å². The van der Waals surface area contributed by atoms with E-state index in [1.165, 1.54) is 6.92 Å². The lowest BCUT2D eigenvalue weighted by Gasteiger charge is -2.18. The van der Waals surface area contributed by atoms with Crippen LogP contribution in [0.15, 0.2) is 66.9 Å². The topological polar surface area (TPSA) is 53.3 Å². The van der Waals surface area contributed by atoms with Crippen molar-refractivity contribution in [3.63, 3.8) is 0 Å². The lowest BCUT2D eigenvalue weighted by Crippen LogP contribution is -2.12. The van der Waals surface area contributed by atoms with Gasteiger partial charge in [-0.25, -0.2) is 0 Å². The molecule has 0 saturated carbocycles. The fourth-order valence-electron chi connectivity index (χ4n) is 2.37. The van der Waals surface area contributed by atoms with Crippen LogP contribution in [0.1, 0.15) is 18.1 Å². The minimum absolute atomic E-state index is 0.0743. The molecule has 0 heterocycles. The van der Waals surface area contributed by atoms with Crippen molar-refractivity contribution in [2.24, 2.45) is 0 Å². The van der Waals surface area contributed by atoms with E-state index in [0.717, 1.165) is 17.0 Å². The molecule has 0 spiro atoms. The summed E-state index contributed by atoms with van der Waals surface area (Å²) in [7, 11) is 3.49. The van der Waals surface area contributed by atoms with E-state index in [4.69, 9.17) is 10.00 Å². The van der Waals surface area contributed by atoms with Crippen LogP contribution >= 0.6 is 0 Å². The first-order chi connectivity index (χ1) is 12.0. The van der Waals surface area contributed by atoms with Crippen molar-refractivity contribution in [2.45, 2.75) is 6.92 Å². The summed E-state index contributed by atoms with van der Waals surface area (Å²) >= 11 is 0. The molecule has 2 rings (SSSR count). The van der Waals surface area contributed by atoms with Crippen molar-refractivity contribution in [3.05, 3.63) is 78.0 Å². The van der Waals surface area contributed by atoms with Gasteiger partial charge in [0, 0.05) is 24.5 Å². The van der Waals surface area contributed by atoms with Gasteiger partial charge in [-0.1, -0.05) is 18.7 Å². The van der Waals surface area contributed by atoms with E-state index in [2.05, 4.69) is 12.6 Å². The number of carbonyl (C=O) groups is 1. The summed E-state index contributed by atoms with van der Waals surface area (Å²) in [4.78, 5) is 14.0. The number of hydrogen-bond acceptors (Lipinski definition) is 4. The molecule has 2 aromatic rings. The van der Waals surface area contributed by atoms with Crippen LogP contribution in [-0.4, -0.2) is 19.9 Å². The molecule has 25 heavy (non-hydrogen) atoms. The van der Waals surface area contributed by atoms with Gasteiger partial charge in [0.25, 0.3) is 0 Å². The zero-order chi connectivity index (χ0) is 18.4. The second-order valence-electron chi connectivity index (χ2n) is 5.58. The summed E-state index contributed by atoms with van der Waals surface area (Å²) in [5.74, 6) is 0.699. The molecule has 0 saturated heterocycles. The molecule has 0 amide bonds. The standard InChI is InChI=1S/C21H20N2O2/c1-15(18-7-5-17(13-22)6-8-18)21(16(2)24)14-23(3)19-9-11-20(25-4)12-10-19/h5-12,14H,1H2,2-4H3/b21-14+. The highest BCUT2D eigenvalue weighted by Crippen LogP contribution is 2.25. The molecule has 0 aliphatic heterocycles. The Morgan fingerprint density at radius 2 is 1.76 bits per heavy atom. The van der Waals surface area contributed by atoms with Crippen LogP contribution in [0.3, 0.4) is 0 Å². The van der Waals surface area contributed by atoms with Gasteiger partial charge in [0.15, 0.2) is 5.78 Å². The molecule has 0 fully saturated rings. The molecule has 0 radical (unpaired) electrons. The second-order valence-corrected chi connectivity index (χ2v) is 5.58. The van der Waals surface area contributed by atoms with E-state index < -0.39 is 0 Å². The van der Waals surface area contributed by atoms with Crippen molar-refractivity contribution in [3.8, 4) is 11.8 Å². The molecule has 0 bridgehead atoms. The second kappa shape index (κ2) is 7.98. The van der Waals surface area contributed by atoms with Crippen molar-refractivity contribution in [1.82, 2.24) is 0 Å². The van der Waals surface area contributed by atoms with Crippen LogP contribution in [0, 0.1) is 11.3 Å². The van der Waals surface area contributed by atoms with Crippen molar-refractivity contribution in [1.29, 1.82) is 5.26 Å². The maximum absolute atomic E-state index is 12.1. The average Bonchev–Trinajstić information content (AvgIpc) is 2.65. The van der Waals surface area contributed by atoms with E-state index in [1.807, 2.05) is 36.2 Å². The minimum Gasteiger partial charge on any atom is -0.497 e. The van der Waals surface area contributed by atoms with E-state index in [-0.39, 0.29) is 5.78 Å². The molecule has 0 unspecified atom stereocenters. The zero-order valence-electron chi connectivity index (χ0n) is 14.6. The summed E-state index contributed by atoms with van der Waals surface area (Å²) in [6.45, 7) is 5.57. The van der Waals surface area contributed by atoms with Crippen LogP contribution in [-0.2, 0) is 4.79 Å². The fraction of sp³-hybridized carbons (Fsp3) is 0.143. The Labute approximate surface area is 148 Å². The third-order valence-corrected chi connectivity index (χ3v) is 3.87. The van der Waals surface area contributed by atoms with Crippen molar-refractivity contribution < 1.29 is 9.53 Å². The summed E-state index contributed by atoms with van der Waals surface area (Å²) in [6.07, 6.45) is 1.77. The first-order valence-corrected chi connectivity index (χ1v) is 7.75. The number of ketones is 1. The summed E-state index contributed by atoms with van der Waals surface area (Å²) in [5, 5.41) is 8.89. The lowest BCUT2D eigenvalue weighted by atomic mass is 9.96. The molecular formula is C21H20N2O2. The van der Waals surface area contributed by atoms with Crippen LogP contribution in [0.25, 0.3) is 5.57 Å². The highest BCUT2D eigenvalue weighted by Gasteiger charge is 2.12. The number of carbonyl (C=O) groups excluding carboxylic acids is 1. The number of nitriles is 1. The third kappa shape index (κ3) is 4.36. The Morgan fingerprint density at radius 1 is 1.16 bits per heavy atom. The number of ether oxygens (including phenoxy) is 1. The van der Waals surface area contributed by atoms with Gasteiger partial charge in [-0.3, -0.25) is 4.79 Å². The molecule has 0 aliphatic carbocycles. The van der Waals surface area contributed by atoms with Gasteiger partial charge in [-0.05, 0) is 54.5 Å². The minimum atomic E-state index is -0.0743.